The number of carbonyl (C=O) groups is 2. The molecule has 0 atom stereocenters. The van der Waals surface area contributed by atoms with Gasteiger partial charge in [-0.2, -0.15) is 0 Å². The van der Waals surface area contributed by atoms with Gasteiger partial charge in [0.15, 0.2) is 17.5 Å². The van der Waals surface area contributed by atoms with Gasteiger partial charge in [-0.25, -0.2) is 4.39 Å². The molecule has 0 spiro atoms. The molecule has 0 radical (unpaired) electrons. The first-order valence-corrected chi connectivity index (χ1v) is 10.7. The first-order valence-electron chi connectivity index (χ1n) is 10.7. The number of nitrogens with zero attached hydrogens (tertiary/aromatic N) is 3. The normalized spacial score (nSPS) is 13.0. The molecule has 2 amide bonds. The predicted molar refractivity (Wildman–Crippen MR) is 137 cm³/mol. The van der Waals surface area contributed by atoms with Crippen LogP contribution in [0.1, 0.15) is 46.0 Å². The minimum absolute atomic E-state index is 0. The third-order valence-corrected chi connectivity index (χ3v) is 5.26. The minimum Gasteiger partial charge on any atom is -0.494 e. The fourth-order valence-electron chi connectivity index (χ4n) is 3.64. The molecule has 1 aliphatic heterocycles. The van der Waals surface area contributed by atoms with Gasteiger partial charge in [0.1, 0.15) is 0 Å². The molecule has 0 saturated heterocycles. The Morgan fingerprint density at radius 1 is 1.12 bits per heavy atom. The van der Waals surface area contributed by atoms with Crippen LogP contribution < -0.4 is 10.1 Å². The van der Waals surface area contributed by atoms with Crippen LogP contribution in [0.25, 0.3) is 0 Å². The molecule has 1 N–H and O–H groups in total. The van der Waals surface area contributed by atoms with Crippen molar-refractivity contribution in [2.45, 2.75) is 26.3 Å². The summed E-state index contributed by atoms with van der Waals surface area (Å²) in [5, 5.41) is 3.24. The first-order chi connectivity index (χ1) is 15.5. The van der Waals surface area contributed by atoms with Crippen molar-refractivity contribution in [3.63, 3.8) is 0 Å². The van der Waals surface area contributed by atoms with Gasteiger partial charge in [-0.3, -0.25) is 19.5 Å². The summed E-state index contributed by atoms with van der Waals surface area (Å²) in [6.07, 6.45) is 1.40. The van der Waals surface area contributed by atoms with E-state index >= 15 is 0 Å². The SMILES string of the molecule is CCNC(=NCCCCN1C(=O)c2ccccc2C1=O)N(C)Cc1ccc(OC)c(F)c1.I. The molecule has 0 aliphatic carbocycles. The van der Waals surface area contributed by atoms with Gasteiger partial charge in [0, 0.05) is 33.2 Å². The number of imide groups is 1. The highest BCUT2D eigenvalue weighted by molar-refractivity contribution is 14.0. The number of amides is 2. The van der Waals surface area contributed by atoms with Crippen LogP contribution in [0.3, 0.4) is 0 Å². The van der Waals surface area contributed by atoms with E-state index < -0.39 is 5.82 Å². The standard InChI is InChI=1S/C24H29FN4O3.HI/c1-4-26-24(28(2)16-17-11-12-21(32-3)20(25)15-17)27-13-7-8-14-29-22(30)18-9-5-6-10-19(18)23(29)31;/h5-6,9-12,15H,4,7-8,13-14,16H2,1-3H3,(H,26,27);1H. The molecule has 2 aromatic rings. The average Bonchev–Trinajstić information content (AvgIpc) is 3.03. The molecule has 7 nitrogen and oxygen atoms in total. The Labute approximate surface area is 211 Å². The van der Waals surface area contributed by atoms with Crippen molar-refractivity contribution in [3.05, 3.63) is 65.0 Å². The molecule has 1 aliphatic rings. The number of guanidine groups is 1. The quantitative estimate of drug-likeness (QED) is 0.163. The Bertz CT molecular complexity index is 980. The molecular weight excluding hydrogens is 538 g/mol. The van der Waals surface area contributed by atoms with E-state index in [0.29, 0.717) is 49.7 Å². The van der Waals surface area contributed by atoms with Crippen LogP contribution in [0.2, 0.25) is 0 Å². The summed E-state index contributed by atoms with van der Waals surface area (Å²) in [5.74, 6) is 0.0794. The Hall–Kier alpha value is -2.69. The number of unbranched alkanes of at least 4 members (excludes halogenated alkanes) is 1. The Balaban J connectivity index is 0.00000385. The number of nitrogens with one attached hydrogen (secondary N) is 1. The van der Waals surface area contributed by atoms with Gasteiger partial charge in [-0.05, 0) is 49.6 Å². The fraction of sp³-hybridized carbons (Fsp3) is 0.375. The summed E-state index contributed by atoms with van der Waals surface area (Å²) < 4.78 is 18.9. The van der Waals surface area contributed by atoms with Gasteiger partial charge in [0.05, 0.1) is 18.2 Å². The highest BCUT2D eigenvalue weighted by Crippen LogP contribution is 2.22. The zero-order chi connectivity index (χ0) is 23.1. The third-order valence-electron chi connectivity index (χ3n) is 5.26. The van der Waals surface area contributed by atoms with Gasteiger partial charge in [0.25, 0.3) is 11.8 Å². The second-order valence-corrected chi connectivity index (χ2v) is 7.58. The molecule has 0 saturated carbocycles. The lowest BCUT2D eigenvalue weighted by atomic mass is 10.1. The molecule has 0 unspecified atom stereocenters. The number of benzene rings is 2. The molecular formula is C24H30FIN4O3. The molecule has 0 aromatic heterocycles. The average molecular weight is 568 g/mol. The molecule has 33 heavy (non-hydrogen) atoms. The van der Waals surface area contributed by atoms with Gasteiger partial charge in [-0.1, -0.05) is 18.2 Å². The lowest BCUT2D eigenvalue weighted by Crippen LogP contribution is -2.38. The van der Waals surface area contributed by atoms with E-state index in [2.05, 4.69) is 10.3 Å². The highest BCUT2D eigenvalue weighted by atomic mass is 127. The van der Waals surface area contributed by atoms with Crippen LogP contribution >= 0.6 is 24.0 Å². The molecule has 0 fully saturated rings. The second-order valence-electron chi connectivity index (χ2n) is 7.58. The predicted octanol–water partition coefficient (Wildman–Crippen LogP) is 3.93. The van der Waals surface area contributed by atoms with Crippen molar-refractivity contribution in [1.29, 1.82) is 0 Å². The van der Waals surface area contributed by atoms with E-state index in [1.54, 1.807) is 30.3 Å². The Morgan fingerprint density at radius 3 is 2.36 bits per heavy atom. The maximum atomic E-state index is 14.0. The summed E-state index contributed by atoms with van der Waals surface area (Å²) >= 11 is 0. The lowest BCUT2D eigenvalue weighted by molar-refractivity contribution is 0.0652. The van der Waals surface area contributed by atoms with E-state index in [-0.39, 0.29) is 41.5 Å². The second kappa shape index (κ2) is 12.5. The van der Waals surface area contributed by atoms with Crippen LogP contribution in [0.15, 0.2) is 47.5 Å². The molecule has 0 bridgehead atoms. The number of fused-ring (bicyclic) bond motifs is 1. The number of ether oxygens (including phenoxy) is 1. The summed E-state index contributed by atoms with van der Waals surface area (Å²) in [4.78, 5) is 32.7. The van der Waals surface area contributed by atoms with Crippen LogP contribution in [0.5, 0.6) is 5.75 Å². The largest absolute Gasteiger partial charge is 0.494 e. The van der Waals surface area contributed by atoms with Crippen molar-refractivity contribution in [1.82, 2.24) is 15.1 Å². The number of carbonyl (C=O) groups excluding carboxylic acids is 2. The number of rotatable bonds is 9. The zero-order valence-corrected chi connectivity index (χ0v) is 21.5. The summed E-state index contributed by atoms with van der Waals surface area (Å²) in [6.45, 7) is 4.10. The van der Waals surface area contributed by atoms with E-state index in [4.69, 9.17) is 4.74 Å². The maximum absolute atomic E-state index is 14.0. The third kappa shape index (κ3) is 6.43. The lowest BCUT2D eigenvalue weighted by Gasteiger charge is -2.22. The Morgan fingerprint density at radius 2 is 1.79 bits per heavy atom. The van der Waals surface area contributed by atoms with Crippen molar-refractivity contribution in [2.75, 3.05) is 33.8 Å². The van der Waals surface area contributed by atoms with Crippen molar-refractivity contribution in [3.8, 4) is 5.75 Å². The van der Waals surface area contributed by atoms with Gasteiger partial charge in [0.2, 0.25) is 0 Å². The number of methoxy groups -OCH3 is 1. The van der Waals surface area contributed by atoms with Gasteiger partial charge >= 0.3 is 0 Å². The fourth-order valence-corrected chi connectivity index (χ4v) is 3.64. The summed E-state index contributed by atoms with van der Waals surface area (Å²) in [5.41, 5.74) is 1.75. The monoisotopic (exact) mass is 568 g/mol. The van der Waals surface area contributed by atoms with E-state index in [9.17, 15) is 14.0 Å². The van der Waals surface area contributed by atoms with Crippen LogP contribution in [0, 0.1) is 5.82 Å². The van der Waals surface area contributed by atoms with Crippen molar-refractivity contribution in [2.24, 2.45) is 4.99 Å². The van der Waals surface area contributed by atoms with Crippen molar-refractivity contribution >= 4 is 41.8 Å². The number of hydrogen-bond acceptors (Lipinski definition) is 4. The number of hydrogen-bond donors (Lipinski definition) is 1. The van der Waals surface area contributed by atoms with Crippen LogP contribution in [-0.4, -0.2) is 61.4 Å². The van der Waals surface area contributed by atoms with Crippen LogP contribution in [0.4, 0.5) is 4.39 Å². The highest BCUT2D eigenvalue weighted by Gasteiger charge is 2.34. The topological polar surface area (TPSA) is 74.2 Å². The van der Waals surface area contributed by atoms with E-state index in [1.807, 2.05) is 24.9 Å². The Kier molecular flexibility index (Phi) is 10.1. The molecule has 1 heterocycles. The molecule has 9 heteroatoms. The van der Waals surface area contributed by atoms with E-state index in [1.165, 1.54) is 18.1 Å². The van der Waals surface area contributed by atoms with Crippen LogP contribution in [-0.2, 0) is 6.54 Å². The smallest absolute Gasteiger partial charge is 0.261 e. The zero-order valence-electron chi connectivity index (χ0n) is 19.1. The van der Waals surface area contributed by atoms with Gasteiger partial charge < -0.3 is 15.0 Å². The summed E-state index contributed by atoms with van der Waals surface area (Å²) in [6, 6.07) is 11.8. The molecule has 178 valence electrons. The van der Waals surface area contributed by atoms with Crippen molar-refractivity contribution < 1.29 is 18.7 Å². The maximum Gasteiger partial charge on any atom is 0.261 e. The minimum atomic E-state index is -0.395. The summed E-state index contributed by atoms with van der Waals surface area (Å²) in [7, 11) is 3.33. The van der Waals surface area contributed by atoms with Gasteiger partial charge in [-0.15, -0.1) is 24.0 Å². The number of aliphatic imine (C=N–C) groups is 1. The number of halogens is 2. The first kappa shape index (κ1) is 26.6. The van der Waals surface area contributed by atoms with E-state index in [0.717, 1.165) is 12.0 Å². The molecule has 2 aromatic carbocycles. The molecule has 3 rings (SSSR count).